The first kappa shape index (κ1) is 25.6. The molecule has 0 aliphatic carbocycles. The average Bonchev–Trinajstić information content (AvgIpc) is 3.22. The van der Waals surface area contributed by atoms with Crippen molar-refractivity contribution in [2.45, 2.75) is 30.8 Å². The van der Waals surface area contributed by atoms with Crippen molar-refractivity contribution in [3.63, 3.8) is 0 Å². The molecule has 0 radical (unpaired) electrons. The van der Waals surface area contributed by atoms with Crippen molar-refractivity contribution in [3.05, 3.63) is 84.3 Å². The van der Waals surface area contributed by atoms with Crippen LogP contribution in [0, 0.1) is 5.82 Å². The molecular weight excluding hydrogens is 492 g/mol. The summed E-state index contributed by atoms with van der Waals surface area (Å²) in [7, 11) is 0. The van der Waals surface area contributed by atoms with Crippen molar-refractivity contribution in [3.8, 4) is 16.9 Å². The molecule has 0 unspecified atom stereocenters. The minimum Gasteiger partial charge on any atom is -0.410 e. The third-order valence-corrected chi connectivity index (χ3v) is 6.47. The summed E-state index contributed by atoms with van der Waals surface area (Å²) >= 11 is -0.147. The van der Waals surface area contributed by atoms with Crippen LogP contribution >= 0.6 is 11.8 Å². The Kier molecular flexibility index (Phi) is 7.59. The molecule has 0 atom stereocenters. The molecule has 0 N–H and O–H groups in total. The quantitative estimate of drug-likeness (QED) is 0.185. The largest absolute Gasteiger partial charge is 0.446 e. The number of hydrogen-bond donors (Lipinski definition) is 0. The number of amides is 1. The first-order valence-electron chi connectivity index (χ1n) is 11.4. The molecule has 0 aliphatic heterocycles. The van der Waals surface area contributed by atoms with Crippen molar-refractivity contribution >= 4 is 28.8 Å². The van der Waals surface area contributed by atoms with Crippen LogP contribution in [0.25, 0.3) is 22.0 Å². The van der Waals surface area contributed by atoms with Gasteiger partial charge in [0, 0.05) is 47.2 Å². The molecule has 0 spiro atoms. The molecule has 0 fully saturated rings. The highest BCUT2D eigenvalue weighted by molar-refractivity contribution is 8.00. The summed E-state index contributed by atoms with van der Waals surface area (Å²) in [5.74, 6) is -0.0471. The first-order valence-corrected chi connectivity index (χ1v) is 12.2. The van der Waals surface area contributed by atoms with Crippen LogP contribution in [0.2, 0.25) is 0 Å². The van der Waals surface area contributed by atoms with Crippen molar-refractivity contribution in [2.24, 2.45) is 0 Å². The lowest BCUT2D eigenvalue weighted by molar-refractivity contribution is -0.0328. The smallest absolute Gasteiger partial charge is 0.410 e. The van der Waals surface area contributed by atoms with Crippen LogP contribution in [-0.2, 0) is 6.54 Å². The number of hydrogen-bond acceptors (Lipinski definition) is 3. The molecule has 0 aliphatic rings. The topological polar surface area (TPSA) is 34.5 Å². The van der Waals surface area contributed by atoms with E-state index in [2.05, 4.69) is 0 Å². The maximum Gasteiger partial charge on any atom is 0.446 e. The molecule has 9 heteroatoms. The van der Waals surface area contributed by atoms with E-state index in [1.54, 1.807) is 35.2 Å². The van der Waals surface area contributed by atoms with Crippen LogP contribution in [0.1, 0.15) is 19.4 Å². The lowest BCUT2D eigenvalue weighted by Crippen LogP contribution is -2.33. The SMILES string of the molecule is CCN(CC)C(=O)Oc1ccc2c(ccn2Cc2cccc(SC(F)(F)F)c2)c1-c1ccc(F)cc1. The zero-order chi connectivity index (χ0) is 25.9. The summed E-state index contributed by atoms with van der Waals surface area (Å²) in [4.78, 5) is 14.4. The Balaban J connectivity index is 1.74. The molecule has 4 nitrogen and oxygen atoms in total. The highest BCUT2D eigenvalue weighted by Crippen LogP contribution is 2.39. The van der Waals surface area contributed by atoms with E-state index in [0.717, 1.165) is 10.9 Å². The van der Waals surface area contributed by atoms with Crippen LogP contribution < -0.4 is 4.74 Å². The Morgan fingerprint density at radius 3 is 2.39 bits per heavy atom. The van der Waals surface area contributed by atoms with Gasteiger partial charge in [0.2, 0.25) is 0 Å². The minimum absolute atomic E-state index is 0.120. The number of halogens is 4. The van der Waals surface area contributed by atoms with Crippen LogP contribution in [0.3, 0.4) is 0 Å². The molecule has 188 valence electrons. The van der Waals surface area contributed by atoms with Crippen molar-refractivity contribution < 1.29 is 27.1 Å². The van der Waals surface area contributed by atoms with E-state index in [1.807, 2.05) is 36.7 Å². The number of benzene rings is 3. The number of aromatic nitrogens is 1. The normalized spacial score (nSPS) is 11.6. The molecule has 1 aromatic heterocycles. The second kappa shape index (κ2) is 10.7. The number of nitrogens with zero attached hydrogens (tertiary/aromatic N) is 2. The van der Waals surface area contributed by atoms with Crippen LogP contribution in [0.5, 0.6) is 5.75 Å². The molecule has 1 heterocycles. The monoisotopic (exact) mass is 516 g/mol. The van der Waals surface area contributed by atoms with Crippen LogP contribution in [-0.4, -0.2) is 34.2 Å². The van der Waals surface area contributed by atoms with Gasteiger partial charge in [-0.2, -0.15) is 13.2 Å². The lowest BCUT2D eigenvalue weighted by atomic mass is 10.0. The summed E-state index contributed by atoms with van der Waals surface area (Å²) in [5, 5.41) is 0.771. The predicted octanol–water partition coefficient (Wildman–Crippen LogP) is 7.95. The van der Waals surface area contributed by atoms with Gasteiger partial charge in [-0.3, -0.25) is 0 Å². The first-order chi connectivity index (χ1) is 17.2. The Morgan fingerprint density at radius 1 is 1.00 bits per heavy atom. The molecule has 0 saturated carbocycles. The zero-order valence-electron chi connectivity index (χ0n) is 19.7. The number of fused-ring (bicyclic) bond motifs is 1. The second-order valence-corrected chi connectivity index (χ2v) is 9.20. The van der Waals surface area contributed by atoms with Crippen molar-refractivity contribution in [1.29, 1.82) is 0 Å². The summed E-state index contributed by atoms with van der Waals surface area (Å²) in [6.45, 7) is 5.04. The highest BCUT2D eigenvalue weighted by Gasteiger charge is 2.29. The summed E-state index contributed by atoms with van der Waals surface area (Å²) in [6, 6.07) is 17.6. The molecule has 4 aromatic rings. The molecule has 0 bridgehead atoms. The van der Waals surface area contributed by atoms with Gasteiger partial charge in [0.25, 0.3) is 0 Å². The van der Waals surface area contributed by atoms with E-state index in [9.17, 15) is 22.4 Å². The summed E-state index contributed by atoms with van der Waals surface area (Å²) in [6.07, 6.45) is 1.35. The average molecular weight is 517 g/mol. The number of ether oxygens (including phenoxy) is 1. The molecule has 1 amide bonds. The summed E-state index contributed by atoms with van der Waals surface area (Å²) in [5.41, 5.74) is -1.55. The van der Waals surface area contributed by atoms with Crippen LogP contribution in [0.4, 0.5) is 22.4 Å². The zero-order valence-corrected chi connectivity index (χ0v) is 20.5. The van der Waals surface area contributed by atoms with Gasteiger partial charge in [-0.25, -0.2) is 9.18 Å². The van der Waals surface area contributed by atoms with Crippen LogP contribution in [0.15, 0.2) is 77.8 Å². The van der Waals surface area contributed by atoms with E-state index in [4.69, 9.17) is 4.74 Å². The lowest BCUT2D eigenvalue weighted by Gasteiger charge is -2.20. The third-order valence-electron chi connectivity index (χ3n) is 5.75. The fraction of sp³-hybridized carbons (Fsp3) is 0.222. The van der Waals surface area contributed by atoms with Gasteiger partial charge < -0.3 is 14.2 Å². The highest BCUT2D eigenvalue weighted by atomic mass is 32.2. The van der Waals surface area contributed by atoms with Gasteiger partial charge in [0.05, 0.1) is 0 Å². The van der Waals surface area contributed by atoms with Gasteiger partial charge in [-0.15, -0.1) is 0 Å². The van der Waals surface area contributed by atoms with Gasteiger partial charge in [-0.05, 0) is 79.2 Å². The number of carbonyl (C=O) groups is 1. The van der Waals surface area contributed by atoms with Gasteiger partial charge in [0.15, 0.2) is 0 Å². The summed E-state index contributed by atoms with van der Waals surface area (Å²) < 4.78 is 59.7. The third kappa shape index (κ3) is 5.84. The number of carbonyl (C=O) groups excluding carboxylic acids is 1. The molecule has 0 saturated heterocycles. The Labute approximate surface area is 210 Å². The number of rotatable bonds is 7. The molecule has 4 rings (SSSR count). The number of thioether (sulfide) groups is 1. The van der Waals surface area contributed by atoms with Gasteiger partial charge in [-0.1, -0.05) is 24.3 Å². The van der Waals surface area contributed by atoms with E-state index in [0.29, 0.717) is 42.1 Å². The maximum atomic E-state index is 13.6. The van der Waals surface area contributed by atoms with Crippen molar-refractivity contribution in [1.82, 2.24) is 9.47 Å². The van der Waals surface area contributed by atoms with E-state index < -0.39 is 11.6 Å². The standard InChI is InChI=1S/C27H24F4N2O2S/c1-3-32(4-2)26(34)35-24-13-12-23-22(25(24)19-8-10-20(28)11-9-19)14-15-33(23)17-18-6-5-7-21(16-18)36-27(29,30)31/h5-16H,3-4,17H2,1-2H3. The Bertz CT molecular complexity index is 1360. The van der Waals surface area contributed by atoms with E-state index >= 15 is 0 Å². The molecule has 36 heavy (non-hydrogen) atoms. The van der Waals surface area contributed by atoms with E-state index in [-0.39, 0.29) is 22.5 Å². The second-order valence-electron chi connectivity index (χ2n) is 8.06. The van der Waals surface area contributed by atoms with Gasteiger partial charge in [0.1, 0.15) is 11.6 Å². The van der Waals surface area contributed by atoms with E-state index in [1.165, 1.54) is 24.3 Å². The predicted molar refractivity (Wildman–Crippen MR) is 134 cm³/mol. The van der Waals surface area contributed by atoms with Crippen molar-refractivity contribution in [2.75, 3.05) is 13.1 Å². The Hall–Kier alpha value is -3.46. The fourth-order valence-corrected chi connectivity index (χ4v) is 4.69. The number of alkyl halides is 3. The maximum absolute atomic E-state index is 13.6. The van der Waals surface area contributed by atoms with Gasteiger partial charge >= 0.3 is 11.6 Å². The minimum atomic E-state index is -4.36. The molecule has 3 aromatic carbocycles. The Morgan fingerprint density at radius 2 is 1.72 bits per heavy atom. The fourth-order valence-electron chi connectivity index (χ4n) is 4.07. The molecular formula is C27H24F4N2O2S.